The van der Waals surface area contributed by atoms with Crippen LogP contribution in [-0.2, 0) is 31.2 Å². The Bertz CT molecular complexity index is 755. The van der Waals surface area contributed by atoms with E-state index >= 15 is 0 Å². The fourth-order valence-electron chi connectivity index (χ4n) is 3.38. The van der Waals surface area contributed by atoms with Crippen molar-refractivity contribution in [3.8, 4) is 5.88 Å². The number of aromatic nitrogens is 2. The quantitative estimate of drug-likeness (QED) is 0.302. The SMILES string of the molecule is CCc1nn(C)c(OC)c1CN=C(NCCc1ccco1)NCC1CCOC1.I. The normalized spacial score (nSPS) is 16.5. The molecule has 0 spiro atoms. The van der Waals surface area contributed by atoms with Crippen molar-refractivity contribution in [2.75, 3.05) is 33.4 Å². The molecule has 0 aromatic carbocycles. The number of rotatable bonds is 9. The summed E-state index contributed by atoms with van der Waals surface area (Å²) in [7, 11) is 3.57. The Kier molecular flexibility index (Phi) is 9.79. The van der Waals surface area contributed by atoms with Crippen LogP contribution in [0.3, 0.4) is 0 Å². The number of furan rings is 1. The number of aryl methyl sites for hydroxylation is 2. The Balaban J connectivity index is 0.00000300. The summed E-state index contributed by atoms with van der Waals surface area (Å²) in [5.74, 6) is 3.03. The highest BCUT2D eigenvalue weighted by molar-refractivity contribution is 14.0. The Morgan fingerprint density at radius 1 is 1.41 bits per heavy atom. The number of halogens is 1. The number of methoxy groups -OCH3 is 1. The highest BCUT2D eigenvalue weighted by Crippen LogP contribution is 2.22. The zero-order chi connectivity index (χ0) is 19.8. The molecule has 8 nitrogen and oxygen atoms in total. The Labute approximate surface area is 189 Å². The summed E-state index contributed by atoms with van der Waals surface area (Å²) in [4.78, 5) is 4.79. The van der Waals surface area contributed by atoms with E-state index in [4.69, 9.17) is 18.9 Å². The van der Waals surface area contributed by atoms with Gasteiger partial charge >= 0.3 is 0 Å². The summed E-state index contributed by atoms with van der Waals surface area (Å²) < 4.78 is 18.2. The molecule has 2 aromatic heterocycles. The number of aliphatic imine (C=N–C) groups is 1. The third kappa shape index (κ3) is 6.63. The van der Waals surface area contributed by atoms with Gasteiger partial charge in [-0.2, -0.15) is 5.10 Å². The molecule has 162 valence electrons. The molecule has 29 heavy (non-hydrogen) atoms. The molecule has 0 aliphatic carbocycles. The topological polar surface area (TPSA) is 85.8 Å². The maximum absolute atomic E-state index is 5.52. The van der Waals surface area contributed by atoms with E-state index in [0.29, 0.717) is 12.5 Å². The van der Waals surface area contributed by atoms with Crippen LogP contribution >= 0.6 is 24.0 Å². The second-order valence-corrected chi connectivity index (χ2v) is 6.94. The Morgan fingerprint density at radius 2 is 2.28 bits per heavy atom. The minimum Gasteiger partial charge on any atom is -0.481 e. The molecular formula is C20H32IN5O3. The van der Waals surface area contributed by atoms with Crippen molar-refractivity contribution in [2.24, 2.45) is 18.0 Å². The first-order valence-corrected chi connectivity index (χ1v) is 9.92. The van der Waals surface area contributed by atoms with Gasteiger partial charge in [0, 0.05) is 39.1 Å². The molecule has 3 heterocycles. The molecule has 0 amide bonds. The smallest absolute Gasteiger partial charge is 0.216 e. The molecule has 2 N–H and O–H groups in total. The number of nitrogens with one attached hydrogen (secondary N) is 2. The van der Waals surface area contributed by atoms with E-state index in [1.54, 1.807) is 18.1 Å². The summed E-state index contributed by atoms with van der Waals surface area (Å²) in [6.07, 6.45) is 4.43. The van der Waals surface area contributed by atoms with Crippen LogP contribution in [0.25, 0.3) is 0 Å². The molecule has 1 saturated heterocycles. The van der Waals surface area contributed by atoms with Crippen molar-refractivity contribution in [3.05, 3.63) is 35.4 Å². The van der Waals surface area contributed by atoms with Gasteiger partial charge in [-0.3, -0.25) is 0 Å². The van der Waals surface area contributed by atoms with Crippen molar-refractivity contribution >= 4 is 29.9 Å². The van der Waals surface area contributed by atoms with Gasteiger partial charge in [0.05, 0.1) is 37.8 Å². The van der Waals surface area contributed by atoms with E-state index in [1.165, 1.54) is 0 Å². The fourth-order valence-corrected chi connectivity index (χ4v) is 3.38. The summed E-state index contributed by atoms with van der Waals surface area (Å²) in [5.41, 5.74) is 2.05. The molecule has 1 unspecified atom stereocenters. The zero-order valence-corrected chi connectivity index (χ0v) is 19.8. The highest BCUT2D eigenvalue weighted by Gasteiger charge is 2.17. The lowest BCUT2D eigenvalue weighted by Gasteiger charge is -2.15. The van der Waals surface area contributed by atoms with Crippen LogP contribution < -0.4 is 15.4 Å². The van der Waals surface area contributed by atoms with Crippen molar-refractivity contribution in [2.45, 2.75) is 32.7 Å². The predicted molar refractivity (Wildman–Crippen MR) is 123 cm³/mol. The maximum Gasteiger partial charge on any atom is 0.216 e. The van der Waals surface area contributed by atoms with Gasteiger partial charge in [0.2, 0.25) is 5.88 Å². The minimum atomic E-state index is 0. The van der Waals surface area contributed by atoms with Crippen LogP contribution in [0.2, 0.25) is 0 Å². The molecule has 1 aliphatic rings. The molecule has 1 fully saturated rings. The van der Waals surface area contributed by atoms with E-state index in [0.717, 1.165) is 74.4 Å². The lowest BCUT2D eigenvalue weighted by Crippen LogP contribution is -2.41. The minimum absolute atomic E-state index is 0. The molecule has 3 rings (SSSR count). The van der Waals surface area contributed by atoms with Crippen LogP contribution in [0.1, 0.15) is 30.4 Å². The van der Waals surface area contributed by atoms with Gasteiger partial charge in [-0.15, -0.1) is 24.0 Å². The third-order valence-electron chi connectivity index (χ3n) is 4.92. The third-order valence-corrected chi connectivity index (χ3v) is 4.92. The Hall–Kier alpha value is -1.75. The standard InChI is InChI=1S/C20H31N5O3.HI/c1-4-18-17(19(26-3)25(2)24-18)13-23-20(22-12-15-8-11-27-14-15)21-9-7-16-6-5-10-28-16;/h5-6,10,15H,4,7-9,11-14H2,1-3H3,(H2,21,22,23);1H. The largest absolute Gasteiger partial charge is 0.481 e. The summed E-state index contributed by atoms with van der Waals surface area (Å²) in [6.45, 7) is 5.84. The van der Waals surface area contributed by atoms with Gasteiger partial charge in [-0.25, -0.2) is 9.67 Å². The van der Waals surface area contributed by atoms with Crippen molar-refractivity contribution in [1.29, 1.82) is 0 Å². The van der Waals surface area contributed by atoms with Gasteiger partial charge in [0.15, 0.2) is 5.96 Å². The molecular weight excluding hydrogens is 485 g/mol. The zero-order valence-electron chi connectivity index (χ0n) is 17.4. The number of ether oxygens (including phenoxy) is 2. The first-order valence-electron chi connectivity index (χ1n) is 9.92. The van der Waals surface area contributed by atoms with Crippen LogP contribution in [0.5, 0.6) is 5.88 Å². The van der Waals surface area contributed by atoms with E-state index in [9.17, 15) is 0 Å². The molecule has 1 atom stereocenters. The first-order chi connectivity index (χ1) is 13.7. The summed E-state index contributed by atoms with van der Waals surface area (Å²) >= 11 is 0. The lowest BCUT2D eigenvalue weighted by molar-refractivity contribution is 0.186. The molecule has 9 heteroatoms. The van der Waals surface area contributed by atoms with Crippen LogP contribution in [0.15, 0.2) is 27.8 Å². The maximum atomic E-state index is 5.52. The van der Waals surface area contributed by atoms with Gasteiger partial charge in [-0.1, -0.05) is 6.92 Å². The Morgan fingerprint density at radius 3 is 2.93 bits per heavy atom. The van der Waals surface area contributed by atoms with Crippen molar-refractivity contribution in [3.63, 3.8) is 0 Å². The number of hydrogen-bond acceptors (Lipinski definition) is 5. The fraction of sp³-hybridized carbons (Fsp3) is 0.600. The van der Waals surface area contributed by atoms with Gasteiger partial charge in [0.1, 0.15) is 5.76 Å². The molecule has 1 aliphatic heterocycles. The number of guanidine groups is 1. The average Bonchev–Trinajstić information content (AvgIpc) is 3.45. The van der Waals surface area contributed by atoms with Gasteiger partial charge < -0.3 is 24.5 Å². The predicted octanol–water partition coefficient (Wildman–Crippen LogP) is 2.52. The summed E-state index contributed by atoms with van der Waals surface area (Å²) in [5, 5.41) is 11.4. The number of nitrogens with zero attached hydrogens (tertiary/aromatic N) is 3. The van der Waals surface area contributed by atoms with Crippen molar-refractivity contribution in [1.82, 2.24) is 20.4 Å². The molecule has 0 radical (unpaired) electrons. The molecule has 0 bridgehead atoms. The number of hydrogen-bond donors (Lipinski definition) is 2. The van der Waals surface area contributed by atoms with E-state index in [1.807, 2.05) is 19.2 Å². The molecule has 0 saturated carbocycles. The highest BCUT2D eigenvalue weighted by atomic mass is 127. The second kappa shape index (κ2) is 12.1. The van der Waals surface area contributed by atoms with Gasteiger partial charge in [-0.05, 0) is 25.0 Å². The van der Waals surface area contributed by atoms with Gasteiger partial charge in [0.25, 0.3) is 0 Å². The molecule has 2 aromatic rings. The summed E-state index contributed by atoms with van der Waals surface area (Å²) in [6, 6.07) is 3.89. The van der Waals surface area contributed by atoms with Crippen LogP contribution in [0.4, 0.5) is 0 Å². The van der Waals surface area contributed by atoms with Crippen LogP contribution in [0, 0.1) is 5.92 Å². The second-order valence-electron chi connectivity index (χ2n) is 6.94. The average molecular weight is 517 g/mol. The van der Waals surface area contributed by atoms with E-state index in [2.05, 4.69) is 22.7 Å². The van der Waals surface area contributed by atoms with E-state index < -0.39 is 0 Å². The van der Waals surface area contributed by atoms with Crippen molar-refractivity contribution < 1.29 is 13.9 Å². The van der Waals surface area contributed by atoms with Crippen LogP contribution in [-0.4, -0.2) is 49.2 Å². The lowest BCUT2D eigenvalue weighted by atomic mass is 10.1. The monoisotopic (exact) mass is 517 g/mol. The first kappa shape index (κ1) is 23.5. The van der Waals surface area contributed by atoms with E-state index in [-0.39, 0.29) is 24.0 Å².